The number of likely N-dealkylation sites (tertiary alicyclic amines) is 1. The zero-order chi connectivity index (χ0) is 23.3. The van der Waals surface area contributed by atoms with E-state index in [0.29, 0.717) is 25.7 Å². The summed E-state index contributed by atoms with van der Waals surface area (Å²) in [6.45, 7) is 3.48. The Morgan fingerprint density at radius 2 is 1.81 bits per heavy atom. The van der Waals surface area contributed by atoms with Crippen LogP contribution in [0.1, 0.15) is 31.2 Å². The first-order valence-corrected chi connectivity index (χ1v) is 10.5. The molecule has 1 aromatic carbocycles. The number of hydrogen-bond acceptors (Lipinski definition) is 5. The van der Waals surface area contributed by atoms with E-state index in [1.54, 1.807) is 5.06 Å². The summed E-state index contributed by atoms with van der Waals surface area (Å²) >= 11 is 0. The SMILES string of the molecule is O=C(O)C(F)(F)F.O=C([C@H]1C[C@H]2OCC[C@H]2N(Cc2ccc(F)cc2)C1)N1CCCCO1. The lowest BCUT2D eigenvalue weighted by Crippen LogP contribution is -2.53. The zero-order valence-electron chi connectivity index (χ0n) is 17.4. The zero-order valence-corrected chi connectivity index (χ0v) is 17.4. The highest BCUT2D eigenvalue weighted by Crippen LogP contribution is 2.33. The van der Waals surface area contributed by atoms with Crippen molar-refractivity contribution in [2.24, 2.45) is 5.92 Å². The first-order valence-electron chi connectivity index (χ1n) is 10.5. The normalized spacial score (nSPS) is 26.1. The third-order valence-corrected chi connectivity index (χ3v) is 5.75. The molecule has 0 spiro atoms. The molecule has 3 atom stereocenters. The predicted molar refractivity (Wildman–Crippen MR) is 104 cm³/mol. The second-order valence-electron chi connectivity index (χ2n) is 8.04. The molecule has 32 heavy (non-hydrogen) atoms. The summed E-state index contributed by atoms with van der Waals surface area (Å²) in [5, 5.41) is 8.68. The summed E-state index contributed by atoms with van der Waals surface area (Å²) in [6, 6.07) is 6.97. The molecule has 1 N–H and O–H groups in total. The molecule has 0 aliphatic carbocycles. The molecule has 3 aliphatic heterocycles. The summed E-state index contributed by atoms with van der Waals surface area (Å²) < 4.78 is 50.8. The second-order valence-corrected chi connectivity index (χ2v) is 8.04. The van der Waals surface area contributed by atoms with Crippen molar-refractivity contribution in [3.63, 3.8) is 0 Å². The van der Waals surface area contributed by atoms with Gasteiger partial charge in [-0.25, -0.2) is 14.2 Å². The van der Waals surface area contributed by atoms with Gasteiger partial charge in [0, 0.05) is 32.3 Å². The molecule has 0 unspecified atom stereocenters. The highest BCUT2D eigenvalue weighted by molar-refractivity contribution is 5.78. The first kappa shape index (κ1) is 24.4. The van der Waals surface area contributed by atoms with Gasteiger partial charge in [-0.05, 0) is 43.4 Å². The molecule has 0 saturated carbocycles. The van der Waals surface area contributed by atoms with Crippen LogP contribution in [0.15, 0.2) is 24.3 Å². The van der Waals surface area contributed by atoms with Crippen LogP contribution in [0.2, 0.25) is 0 Å². The summed E-state index contributed by atoms with van der Waals surface area (Å²) in [5.41, 5.74) is 1.06. The van der Waals surface area contributed by atoms with Gasteiger partial charge < -0.3 is 9.84 Å². The van der Waals surface area contributed by atoms with Crippen LogP contribution in [-0.4, -0.2) is 71.6 Å². The number of alkyl halides is 3. The van der Waals surface area contributed by atoms with Crippen LogP contribution in [0.4, 0.5) is 17.6 Å². The summed E-state index contributed by atoms with van der Waals surface area (Å²) in [6.07, 6.45) is -1.21. The number of nitrogens with zero attached hydrogens (tertiary/aromatic N) is 2. The molecule has 3 heterocycles. The Balaban J connectivity index is 0.000000360. The van der Waals surface area contributed by atoms with E-state index in [4.69, 9.17) is 19.5 Å². The number of amides is 1. The van der Waals surface area contributed by atoms with E-state index in [1.807, 2.05) is 12.1 Å². The topological polar surface area (TPSA) is 79.3 Å². The van der Waals surface area contributed by atoms with Crippen molar-refractivity contribution in [3.05, 3.63) is 35.6 Å². The molecule has 178 valence electrons. The third-order valence-electron chi connectivity index (χ3n) is 5.75. The van der Waals surface area contributed by atoms with Crippen LogP contribution >= 0.6 is 0 Å². The molecule has 7 nitrogen and oxygen atoms in total. The van der Waals surface area contributed by atoms with Crippen LogP contribution < -0.4 is 0 Å². The van der Waals surface area contributed by atoms with Gasteiger partial charge in [-0.1, -0.05) is 12.1 Å². The van der Waals surface area contributed by atoms with Gasteiger partial charge in [-0.2, -0.15) is 13.2 Å². The number of rotatable bonds is 3. The lowest BCUT2D eigenvalue weighted by molar-refractivity contribution is -0.204. The summed E-state index contributed by atoms with van der Waals surface area (Å²) in [7, 11) is 0. The molecular weight excluding hydrogens is 436 g/mol. The molecule has 3 aliphatic rings. The number of carboxylic acid groups (broad SMARTS) is 1. The van der Waals surface area contributed by atoms with Gasteiger partial charge in [0.25, 0.3) is 5.91 Å². The number of carbonyl (C=O) groups excluding carboxylic acids is 1. The number of piperidine rings is 1. The van der Waals surface area contributed by atoms with E-state index in [9.17, 15) is 22.4 Å². The van der Waals surface area contributed by atoms with Gasteiger partial charge in [-0.15, -0.1) is 0 Å². The van der Waals surface area contributed by atoms with Crippen LogP contribution in [0, 0.1) is 11.7 Å². The van der Waals surface area contributed by atoms with Crippen molar-refractivity contribution < 1.29 is 41.8 Å². The first-order chi connectivity index (χ1) is 15.1. The maximum atomic E-state index is 13.2. The smallest absolute Gasteiger partial charge is 0.475 e. The number of fused-ring (bicyclic) bond motifs is 1. The molecule has 0 bridgehead atoms. The molecule has 3 saturated heterocycles. The summed E-state index contributed by atoms with van der Waals surface area (Å²) in [4.78, 5) is 29.6. The fourth-order valence-corrected chi connectivity index (χ4v) is 4.21. The number of hydrogen-bond donors (Lipinski definition) is 1. The van der Waals surface area contributed by atoms with Crippen LogP contribution in [0.5, 0.6) is 0 Å². The lowest BCUT2D eigenvalue weighted by atomic mass is 9.89. The maximum absolute atomic E-state index is 13.2. The van der Waals surface area contributed by atoms with E-state index >= 15 is 0 Å². The Morgan fingerprint density at radius 3 is 2.41 bits per heavy atom. The minimum absolute atomic E-state index is 0.0813. The van der Waals surface area contributed by atoms with Crippen molar-refractivity contribution in [2.45, 2.75) is 50.6 Å². The molecule has 0 radical (unpaired) electrons. The van der Waals surface area contributed by atoms with Crippen molar-refractivity contribution in [2.75, 3.05) is 26.3 Å². The van der Waals surface area contributed by atoms with Crippen molar-refractivity contribution in [3.8, 4) is 0 Å². The van der Waals surface area contributed by atoms with Gasteiger partial charge in [0.1, 0.15) is 5.82 Å². The minimum Gasteiger partial charge on any atom is -0.475 e. The van der Waals surface area contributed by atoms with E-state index in [-0.39, 0.29) is 23.7 Å². The Morgan fingerprint density at radius 1 is 1.12 bits per heavy atom. The molecule has 1 amide bonds. The lowest BCUT2D eigenvalue weighted by Gasteiger charge is -2.41. The molecule has 1 aromatic rings. The summed E-state index contributed by atoms with van der Waals surface area (Å²) in [5.74, 6) is -3.00. The van der Waals surface area contributed by atoms with Gasteiger partial charge in [-0.3, -0.25) is 14.5 Å². The predicted octanol–water partition coefficient (Wildman–Crippen LogP) is 2.99. The standard InChI is InChI=1S/C19H25FN2O3.C2HF3O2/c20-16-5-3-14(4-6-16)12-21-13-15(11-18-17(21)7-10-24-18)19(23)22-8-1-2-9-25-22;3-2(4,5)1(6)7/h3-6,15,17-18H,1-2,7-13H2;(H,6,7)/t15-,17+,18+;/m0./s1. The highest BCUT2D eigenvalue weighted by atomic mass is 19.4. The van der Waals surface area contributed by atoms with Crippen molar-refractivity contribution >= 4 is 11.9 Å². The van der Waals surface area contributed by atoms with Crippen LogP contribution in [0.25, 0.3) is 0 Å². The Labute approximate surface area is 182 Å². The highest BCUT2D eigenvalue weighted by Gasteiger charge is 2.43. The average molecular weight is 462 g/mol. The number of ether oxygens (including phenoxy) is 1. The quantitative estimate of drug-likeness (QED) is 0.696. The molecule has 0 aromatic heterocycles. The number of aliphatic carboxylic acids is 1. The fraction of sp³-hybridized carbons (Fsp3) is 0.619. The largest absolute Gasteiger partial charge is 0.490 e. The molecular formula is C21H26F4N2O5. The van der Waals surface area contributed by atoms with E-state index in [2.05, 4.69) is 4.90 Å². The number of halogens is 4. The van der Waals surface area contributed by atoms with E-state index < -0.39 is 12.1 Å². The second kappa shape index (κ2) is 10.6. The molecule has 11 heteroatoms. The third kappa shape index (κ3) is 6.39. The average Bonchev–Trinajstić information content (AvgIpc) is 3.24. The molecule has 3 fully saturated rings. The van der Waals surface area contributed by atoms with Gasteiger partial charge in [0.15, 0.2) is 0 Å². The number of carbonyl (C=O) groups is 2. The minimum atomic E-state index is -5.08. The number of carboxylic acids is 1. The monoisotopic (exact) mass is 462 g/mol. The van der Waals surface area contributed by atoms with Crippen molar-refractivity contribution in [1.29, 1.82) is 0 Å². The Kier molecular flexibility index (Phi) is 8.07. The number of benzene rings is 1. The Hall–Kier alpha value is -2.24. The number of hydroxylamine groups is 2. The Bertz CT molecular complexity index is 783. The van der Waals surface area contributed by atoms with Gasteiger partial charge in [0.2, 0.25) is 0 Å². The van der Waals surface area contributed by atoms with Crippen LogP contribution in [0.3, 0.4) is 0 Å². The van der Waals surface area contributed by atoms with Crippen molar-refractivity contribution in [1.82, 2.24) is 9.96 Å². The van der Waals surface area contributed by atoms with Crippen LogP contribution in [-0.2, 0) is 25.7 Å². The molecule has 4 rings (SSSR count). The fourth-order valence-electron chi connectivity index (χ4n) is 4.21. The van der Waals surface area contributed by atoms with E-state index in [1.165, 1.54) is 12.1 Å². The maximum Gasteiger partial charge on any atom is 0.490 e. The van der Waals surface area contributed by atoms with Gasteiger partial charge >= 0.3 is 12.1 Å². The van der Waals surface area contributed by atoms with Gasteiger partial charge in [0.05, 0.1) is 18.6 Å². The van der Waals surface area contributed by atoms with E-state index in [0.717, 1.165) is 44.4 Å².